The molecule has 2 aromatic rings. The number of carbonyl (C=O) groups excluding carboxylic acids is 2. The molecule has 0 unspecified atom stereocenters. The summed E-state index contributed by atoms with van der Waals surface area (Å²) in [5.41, 5.74) is 3.91. The maximum atomic E-state index is 12.0. The lowest BCUT2D eigenvalue weighted by Crippen LogP contribution is -2.19. The summed E-state index contributed by atoms with van der Waals surface area (Å²) in [6.45, 7) is 5.54. The van der Waals surface area contributed by atoms with Crippen molar-refractivity contribution in [1.82, 2.24) is 10.2 Å². The molecular weight excluding hydrogens is 457 g/mol. The van der Waals surface area contributed by atoms with E-state index in [4.69, 9.17) is 28.5 Å². The van der Waals surface area contributed by atoms with E-state index in [0.29, 0.717) is 32.6 Å². The predicted octanol–water partition coefficient (Wildman–Crippen LogP) is 3.60. The summed E-state index contributed by atoms with van der Waals surface area (Å²) >= 11 is 12.7. The molecule has 9 nitrogen and oxygen atoms in total. The molecule has 0 radical (unpaired) electrons. The fourth-order valence-electron chi connectivity index (χ4n) is 2.70. The van der Waals surface area contributed by atoms with E-state index in [1.165, 1.54) is 12.1 Å². The van der Waals surface area contributed by atoms with Gasteiger partial charge in [0, 0.05) is 22.0 Å². The van der Waals surface area contributed by atoms with E-state index >= 15 is 0 Å². The van der Waals surface area contributed by atoms with Gasteiger partial charge in [-0.05, 0) is 36.6 Å². The number of hydrogen-bond acceptors (Lipinski definition) is 8. The van der Waals surface area contributed by atoms with Gasteiger partial charge in [-0.1, -0.05) is 37.0 Å². The molecule has 0 atom stereocenters. The Labute approximate surface area is 194 Å². The molecule has 2 N–H and O–H groups in total. The molecule has 0 aliphatic heterocycles. The first kappa shape index (κ1) is 25.0. The minimum Gasteiger partial charge on any atom is -0.466 e. The molecular formula is C21H21Cl2N5O4. The third-order valence-electron chi connectivity index (χ3n) is 4.28. The average molecular weight is 478 g/mol. The molecule has 11 heteroatoms. The molecule has 0 saturated carbocycles. The van der Waals surface area contributed by atoms with E-state index in [1.807, 2.05) is 13.8 Å². The van der Waals surface area contributed by atoms with Crippen molar-refractivity contribution in [3.05, 3.63) is 55.4 Å². The van der Waals surface area contributed by atoms with E-state index in [1.54, 1.807) is 19.1 Å². The number of esters is 1. The fraction of sp³-hybridized carbons (Fsp3) is 0.333. The first-order chi connectivity index (χ1) is 15.2. The lowest BCUT2D eigenvalue weighted by atomic mass is 10.0. The smallest absolute Gasteiger partial charge is 0.313 e. The fourth-order valence-corrected chi connectivity index (χ4v) is 3.32. The summed E-state index contributed by atoms with van der Waals surface area (Å²) in [6, 6.07) is 6.39. The number of benzene rings is 1. The number of H-pyrrole nitrogens is 1. The van der Waals surface area contributed by atoms with Crippen molar-refractivity contribution in [2.24, 2.45) is 5.10 Å². The van der Waals surface area contributed by atoms with Crippen LogP contribution in [-0.2, 0) is 20.7 Å². The molecule has 0 aliphatic carbocycles. The quantitative estimate of drug-likeness (QED) is 0.243. The van der Waals surface area contributed by atoms with Crippen molar-refractivity contribution in [3.8, 4) is 6.07 Å². The first-order valence-electron chi connectivity index (χ1n) is 9.65. The first-order valence-corrected chi connectivity index (χ1v) is 10.4. The summed E-state index contributed by atoms with van der Waals surface area (Å²) in [5, 5.41) is 20.0. The third-order valence-corrected chi connectivity index (χ3v) is 4.96. The second-order valence-electron chi connectivity index (χ2n) is 6.98. The second-order valence-corrected chi connectivity index (χ2v) is 7.80. The number of aromatic amines is 1. The second kappa shape index (κ2) is 11.4. The molecule has 0 saturated heterocycles. The summed E-state index contributed by atoms with van der Waals surface area (Å²) in [4.78, 5) is 35.3. The summed E-state index contributed by atoms with van der Waals surface area (Å²) in [5.74, 6) is -1.50. The third kappa shape index (κ3) is 6.64. The standard InChI is InChI=1S/C21H21Cl2N5O4/c1-4-32-20(30)9-19(29)18(10-24)27-25-13-7-16(22)15(17(23)8-13)6-12-5-14(11(2)3)21(31)28-26-12/h5,7-8,11,25H,4,6,9H2,1-3H3,(H,28,31)/b27-18-. The number of carbonyl (C=O) groups is 2. The Hall–Kier alpha value is -3.22. The van der Waals surface area contributed by atoms with E-state index < -0.39 is 23.9 Å². The molecule has 0 amide bonds. The van der Waals surface area contributed by atoms with Crippen LogP contribution in [0.15, 0.2) is 28.1 Å². The predicted molar refractivity (Wildman–Crippen MR) is 121 cm³/mol. The van der Waals surface area contributed by atoms with Crippen LogP contribution in [0.25, 0.3) is 0 Å². The molecule has 1 aromatic heterocycles. The highest BCUT2D eigenvalue weighted by Gasteiger charge is 2.17. The molecule has 0 aliphatic rings. The van der Waals surface area contributed by atoms with Crippen molar-refractivity contribution in [2.45, 2.75) is 39.5 Å². The number of hydrogen-bond donors (Lipinski definition) is 2. The zero-order valence-corrected chi connectivity index (χ0v) is 19.2. The monoisotopic (exact) mass is 477 g/mol. The number of nitrogens with zero attached hydrogens (tertiary/aromatic N) is 3. The maximum Gasteiger partial charge on any atom is 0.313 e. The van der Waals surface area contributed by atoms with E-state index in [2.05, 4.69) is 25.5 Å². The topological polar surface area (TPSA) is 137 Å². The van der Waals surface area contributed by atoms with Crippen LogP contribution in [0.3, 0.4) is 0 Å². The van der Waals surface area contributed by atoms with Crippen LogP contribution in [0.2, 0.25) is 10.0 Å². The summed E-state index contributed by atoms with van der Waals surface area (Å²) < 4.78 is 4.69. The van der Waals surface area contributed by atoms with Gasteiger partial charge >= 0.3 is 5.97 Å². The van der Waals surface area contributed by atoms with Gasteiger partial charge in [-0.15, -0.1) is 0 Å². The van der Waals surface area contributed by atoms with Gasteiger partial charge in [-0.2, -0.15) is 15.5 Å². The molecule has 0 bridgehead atoms. The Bertz CT molecular complexity index is 1130. The number of nitriles is 1. The van der Waals surface area contributed by atoms with E-state index in [0.717, 1.165) is 0 Å². The van der Waals surface area contributed by atoms with Crippen molar-refractivity contribution < 1.29 is 14.3 Å². The maximum absolute atomic E-state index is 12.0. The van der Waals surface area contributed by atoms with Crippen LogP contribution in [0.5, 0.6) is 0 Å². The number of aromatic nitrogens is 2. The lowest BCUT2D eigenvalue weighted by Gasteiger charge is -2.11. The van der Waals surface area contributed by atoms with Crippen molar-refractivity contribution in [1.29, 1.82) is 5.26 Å². The van der Waals surface area contributed by atoms with E-state index in [-0.39, 0.29) is 24.5 Å². The molecule has 0 fully saturated rings. The molecule has 32 heavy (non-hydrogen) atoms. The van der Waals surface area contributed by atoms with Crippen LogP contribution >= 0.6 is 23.2 Å². The van der Waals surface area contributed by atoms with Gasteiger partial charge in [0.15, 0.2) is 0 Å². The Morgan fingerprint density at radius 3 is 2.50 bits per heavy atom. The molecule has 168 valence electrons. The average Bonchev–Trinajstić information content (AvgIpc) is 2.72. The highest BCUT2D eigenvalue weighted by Crippen LogP contribution is 2.31. The number of halogens is 2. The number of rotatable bonds is 9. The van der Waals surface area contributed by atoms with E-state index in [9.17, 15) is 14.4 Å². The van der Waals surface area contributed by atoms with Crippen LogP contribution in [-0.4, -0.2) is 34.3 Å². The van der Waals surface area contributed by atoms with Crippen molar-refractivity contribution in [2.75, 3.05) is 12.0 Å². The number of hydrazone groups is 1. The summed E-state index contributed by atoms with van der Waals surface area (Å²) in [7, 11) is 0. The van der Waals surface area contributed by atoms with Gasteiger partial charge in [0.1, 0.15) is 12.5 Å². The molecule has 1 heterocycles. The zero-order valence-electron chi connectivity index (χ0n) is 17.7. The largest absolute Gasteiger partial charge is 0.466 e. The van der Waals surface area contributed by atoms with Gasteiger partial charge in [-0.25, -0.2) is 5.10 Å². The SMILES string of the molecule is CCOC(=O)CC(=O)/C(C#N)=N\Nc1cc(Cl)c(Cc2cc(C(C)C)c(=O)[nH]n2)c(Cl)c1. The van der Waals surface area contributed by atoms with Crippen LogP contribution in [0.4, 0.5) is 5.69 Å². The number of anilines is 1. The number of nitrogens with one attached hydrogen (secondary N) is 2. The molecule has 0 spiro atoms. The molecule has 1 aromatic carbocycles. The Morgan fingerprint density at radius 2 is 1.94 bits per heavy atom. The lowest BCUT2D eigenvalue weighted by molar-refractivity contribution is -0.144. The zero-order chi connectivity index (χ0) is 23.8. The Balaban J connectivity index is 2.20. The van der Waals surface area contributed by atoms with Crippen LogP contribution in [0.1, 0.15) is 49.9 Å². The van der Waals surface area contributed by atoms with Gasteiger partial charge < -0.3 is 4.74 Å². The number of Topliss-reactive ketones (excluding diaryl/α,β-unsaturated/α-hetero) is 1. The van der Waals surface area contributed by atoms with Crippen LogP contribution < -0.4 is 11.0 Å². The minimum atomic E-state index is -0.780. The van der Waals surface area contributed by atoms with Gasteiger partial charge in [0.25, 0.3) is 5.56 Å². The highest BCUT2D eigenvalue weighted by molar-refractivity contribution is 6.48. The minimum absolute atomic E-state index is 0.0248. The van der Waals surface area contributed by atoms with Crippen LogP contribution in [0, 0.1) is 11.3 Å². The number of ether oxygens (including phenoxy) is 1. The summed E-state index contributed by atoms with van der Waals surface area (Å²) in [6.07, 6.45) is -0.313. The normalized spacial score (nSPS) is 11.2. The van der Waals surface area contributed by atoms with Crippen molar-refractivity contribution >= 4 is 46.4 Å². The van der Waals surface area contributed by atoms with Gasteiger partial charge in [0.05, 0.1) is 18.0 Å². The van der Waals surface area contributed by atoms with Gasteiger partial charge in [0.2, 0.25) is 11.5 Å². The van der Waals surface area contributed by atoms with Crippen molar-refractivity contribution in [3.63, 3.8) is 0 Å². The number of ketones is 1. The molecule has 2 rings (SSSR count). The Morgan fingerprint density at radius 1 is 1.28 bits per heavy atom. The highest BCUT2D eigenvalue weighted by atomic mass is 35.5. The van der Waals surface area contributed by atoms with Gasteiger partial charge in [-0.3, -0.25) is 19.8 Å². The Kier molecular flexibility index (Phi) is 8.93.